The fourth-order valence-electron chi connectivity index (χ4n) is 3.08. The van der Waals surface area contributed by atoms with Crippen molar-refractivity contribution < 1.29 is 9.59 Å². The van der Waals surface area contributed by atoms with Gasteiger partial charge in [0.25, 0.3) is 0 Å². The van der Waals surface area contributed by atoms with Gasteiger partial charge in [-0.15, -0.1) is 12.4 Å². The molecule has 22 heavy (non-hydrogen) atoms. The van der Waals surface area contributed by atoms with Crippen molar-refractivity contribution in [2.45, 2.75) is 32.6 Å². The van der Waals surface area contributed by atoms with E-state index in [4.69, 9.17) is 0 Å². The summed E-state index contributed by atoms with van der Waals surface area (Å²) < 4.78 is 0. The minimum atomic E-state index is -0.0145. The number of amides is 3. The van der Waals surface area contributed by atoms with Crippen LogP contribution in [0.5, 0.6) is 0 Å². The first-order chi connectivity index (χ1) is 10.2. The molecule has 7 heteroatoms. The largest absolute Gasteiger partial charge is 0.339 e. The number of carbonyl (C=O) groups is 2. The molecule has 0 aromatic heterocycles. The predicted octanol–water partition coefficient (Wildman–Crippen LogP) is 1.06. The normalized spacial score (nSPS) is 19.5. The Hall–Kier alpha value is -1.01. The number of piperazine rings is 1. The van der Waals surface area contributed by atoms with Crippen molar-refractivity contribution in [3.8, 4) is 0 Å². The minimum absolute atomic E-state index is 0. The molecular weight excluding hydrogens is 304 g/mol. The first-order valence-electron chi connectivity index (χ1n) is 8.22. The first-order valence-corrected chi connectivity index (χ1v) is 8.22. The summed E-state index contributed by atoms with van der Waals surface area (Å²) >= 11 is 0. The lowest BCUT2D eigenvalue weighted by Crippen LogP contribution is -2.53. The number of halogens is 1. The fourth-order valence-corrected chi connectivity index (χ4v) is 3.08. The molecule has 2 aliphatic heterocycles. The van der Waals surface area contributed by atoms with E-state index in [0.717, 1.165) is 19.5 Å². The van der Waals surface area contributed by atoms with Crippen LogP contribution in [-0.4, -0.2) is 67.6 Å². The van der Waals surface area contributed by atoms with Crippen molar-refractivity contribution >= 4 is 24.3 Å². The molecule has 0 unspecified atom stereocenters. The van der Waals surface area contributed by atoms with Gasteiger partial charge in [0.05, 0.1) is 0 Å². The van der Waals surface area contributed by atoms with Crippen LogP contribution >= 0.6 is 12.4 Å². The van der Waals surface area contributed by atoms with E-state index >= 15 is 0 Å². The van der Waals surface area contributed by atoms with Crippen LogP contribution in [0.3, 0.4) is 0 Å². The number of rotatable bonds is 4. The third-order valence-electron chi connectivity index (χ3n) is 4.47. The molecule has 2 N–H and O–H groups in total. The highest BCUT2D eigenvalue weighted by Gasteiger charge is 2.24. The molecule has 2 rings (SSSR count). The zero-order valence-electron chi connectivity index (χ0n) is 13.5. The number of nitrogens with zero attached hydrogens (tertiary/aromatic N) is 2. The Morgan fingerprint density at radius 2 is 1.68 bits per heavy atom. The van der Waals surface area contributed by atoms with Gasteiger partial charge in [-0.25, -0.2) is 4.79 Å². The van der Waals surface area contributed by atoms with Gasteiger partial charge in [-0.05, 0) is 45.2 Å². The van der Waals surface area contributed by atoms with Gasteiger partial charge < -0.3 is 20.4 Å². The van der Waals surface area contributed by atoms with E-state index < -0.39 is 0 Å². The summed E-state index contributed by atoms with van der Waals surface area (Å²) in [7, 11) is 0. The van der Waals surface area contributed by atoms with Crippen LogP contribution in [0.25, 0.3) is 0 Å². The number of urea groups is 1. The van der Waals surface area contributed by atoms with Crippen molar-refractivity contribution in [3.05, 3.63) is 0 Å². The van der Waals surface area contributed by atoms with E-state index in [0.29, 0.717) is 45.1 Å². The summed E-state index contributed by atoms with van der Waals surface area (Å²) in [6.07, 6.45) is 4.05. The molecule has 0 atom stereocenters. The maximum atomic E-state index is 12.2. The Morgan fingerprint density at radius 3 is 2.27 bits per heavy atom. The number of piperidine rings is 1. The summed E-state index contributed by atoms with van der Waals surface area (Å²) in [6, 6.07) is -0.0145. The zero-order valence-corrected chi connectivity index (χ0v) is 14.3. The van der Waals surface area contributed by atoms with Gasteiger partial charge in [-0.2, -0.15) is 0 Å². The molecule has 0 aromatic rings. The van der Waals surface area contributed by atoms with E-state index in [1.165, 1.54) is 12.8 Å². The van der Waals surface area contributed by atoms with E-state index in [-0.39, 0.29) is 24.3 Å². The first kappa shape index (κ1) is 19.0. The highest BCUT2D eigenvalue weighted by molar-refractivity contribution is 5.85. The number of hydrogen-bond acceptors (Lipinski definition) is 3. The summed E-state index contributed by atoms with van der Waals surface area (Å²) in [4.78, 5) is 27.7. The second-order valence-electron chi connectivity index (χ2n) is 5.94. The molecule has 2 saturated heterocycles. The predicted molar refractivity (Wildman–Crippen MR) is 89.3 cm³/mol. The van der Waals surface area contributed by atoms with E-state index in [1.54, 1.807) is 4.90 Å². The lowest BCUT2D eigenvalue weighted by Gasteiger charge is -2.35. The topological polar surface area (TPSA) is 64.7 Å². The van der Waals surface area contributed by atoms with E-state index in [1.807, 2.05) is 11.8 Å². The van der Waals surface area contributed by atoms with Gasteiger partial charge in [0.1, 0.15) is 0 Å². The van der Waals surface area contributed by atoms with Gasteiger partial charge in [-0.1, -0.05) is 0 Å². The summed E-state index contributed by atoms with van der Waals surface area (Å²) in [5.41, 5.74) is 0. The molecule has 6 nitrogen and oxygen atoms in total. The van der Waals surface area contributed by atoms with Crippen molar-refractivity contribution in [1.82, 2.24) is 20.4 Å². The van der Waals surface area contributed by atoms with E-state index in [2.05, 4.69) is 10.6 Å². The number of hydrogen-bond donors (Lipinski definition) is 2. The monoisotopic (exact) mass is 332 g/mol. The Labute approximate surface area is 139 Å². The smallest absolute Gasteiger partial charge is 0.317 e. The molecule has 0 aromatic carbocycles. The Bertz CT molecular complexity index is 353. The van der Waals surface area contributed by atoms with Gasteiger partial charge >= 0.3 is 6.03 Å². The van der Waals surface area contributed by atoms with Gasteiger partial charge in [0.15, 0.2) is 0 Å². The van der Waals surface area contributed by atoms with Crippen molar-refractivity contribution in [2.75, 3.05) is 45.8 Å². The van der Waals surface area contributed by atoms with Crippen LogP contribution in [0, 0.1) is 5.92 Å². The molecule has 2 heterocycles. The quantitative estimate of drug-likeness (QED) is 0.809. The second-order valence-corrected chi connectivity index (χ2v) is 5.94. The molecule has 0 aliphatic carbocycles. The molecule has 0 saturated carbocycles. The highest BCUT2D eigenvalue weighted by atomic mass is 35.5. The van der Waals surface area contributed by atoms with Crippen LogP contribution < -0.4 is 10.6 Å². The molecule has 128 valence electrons. The van der Waals surface area contributed by atoms with Crippen LogP contribution in [0.15, 0.2) is 0 Å². The molecular formula is C15H29ClN4O2. The Morgan fingerprint density at radius 1 is 1.09 bits per heavy atom. The number of carbonyl (C=O) groups excluding carboxylic acids is 2. The van der Waals surface area contributed by atoms with Gasteiger partial charge in [0, 0.05) is 39.1 Å². The highest BCUT2D eigenvalue weighted by Crippen LogP contribution is 2.18. The third-order valence-corrected chi connectivity index (χ3v) is 4.47. The van der Waals surface area contributed by atoms with Crippen LogP contribution in [-0.2, 0) is 4.79 Å². The molecule has 2 fully saturated rings. The van der Waals surface area contributed by atoms with Crippen LogP contribution in [0.2, 0.25) is 0 Å². The van der Waals surface area contributed by atoms with Crippen LogP contribution in [0.4, 0.5) is 4.79 Å². The van der Waals surface area contributed by atoms with Crippen molar-refractivity contribution in [2.24, 2.45) is 5.92 Å². The lowest BCUT2D eigenvalue weighted by atomic mass is 9.93. The van der Waals surface area contributed by atoms with Gasteiger partial charge in [-0.3, -0.25) is 4.79 Å². The lowest BCUT2D eigenvalue weighted by molar-refractivity contribution is -0.133. The maximum Gasteiger partial charge on any atom is 0.317 e. The molecule has 0 spiro atoms. The average Bonchev–Trinajstić information content (AvgIpc) is 2.54. The zero-order chi connectivity index (χ0) is 15.1. The van der Waals surface area contributed by atoms with Crippen LogP contribution in [0.1, 0.15) is 32.6 Å². The standard InChI is InChI=1S/C15H28N4O2.ClH/c1-2-17-15(21)19-11-9-18(10-12-19)14(20)4-3-13-5-7-16-8-6-13;/h13,16H,2-12H2,1H3,(H,17,21);1H. The van der Waals surface area contributed by atoms with Crippen molar-refractivity contribution in [1.29, 1.82) is 0 Å². The SMILES string of the molecule is CCNC(=O)N1CCN(C(=O)CCC2CCNCC2)CC1.Cl. The summed E-state index contributed by atoms with van der Waals surface area (Å²) in [6.45, 7) is 7.36. The second kappa shape index (κ2) is 9.90. The van der Waals surface area contributed by atoms with Crippen molar-refractivity contribution in [3.63, 3.8) is 0 Å². The maximum absolute atomic E-state index is 12.2. The Balaban J connectivity index is 0.00000242. The summed E-state index contributed by atoms with van der Waals surface area (Å²) in [5.74, 6) is 0.955. The minimum Gasteiger partial charge on any atom is -0.339 e. The average molecular weight is 333 g/mol. The molecule has 3 amide bonds. The molecule has 2 aliphatic rings. The molecule has 0 bridgehead atoms. The summed E-state index contributed by atoms with van der Waals surface area (Å²) in [5, 5.41) is 6.16. The third kappa shape index (κ3) is 5.65. The van der Waals surface area contributed by atoms with E-state index in [9.17, 15) is 9.59 Å². The Kier molecular flexibility index (Phi) is 8.56. The van der Waals surface area contributed by atoms with Gasteiger partial charge in [0.2, 0.25) is 5.91 Å². The number of nitrogens with one attached hydrogen (secondary N) is 2. The fraction of sp³-hybridized carbons (Fsp3) is 0.867. The molecule has 0 radical (unpaired) electrons.